The van der Waals surface area contributed by atoms with Crippen LogP contribution in [0.1, 0.15) is 24.2 Å². The molecule has 0 fully saturated rings. The average Bonchev–Trinajstić information content (AvgIpc) is 2.09. The molecule has 0 spiro atoms. The van der Waals surface area contributed by atoms with E-state index in [2.05, 4.69) is 11.1 Å². The van der Waals surface area contributed by atoms with E-state index in [4.69, 9.17) is 5.26 Å². The quantitative estimate of drug-likeness (QED) is 0.674. The lowest BCUT2D eigenvalue weighted by Crippen LogP contribution is -2.25. The maximum atomic E-state index is 11.4. The van der Waals surface area contributed by atoms with Crippen LogP contribution in [0, 0.1) is 25.2 Å². The summed E-state index contributed by atoms with van der Waals surface area (Å²) in [7, 11) is 0. The van der Waals surface area contributed by atoms with E-state index in [1.54, 1.807) is 11.5 Å². The second-order valence-corrected chi connectivity index (χ2v) is 3.23. The van der Waals surface area contributed by atoms with E-state index in [-0.39, 0.29) is 5.69 Å². The molecule has 14 heavy (non-hydrogen) atoms. The highest BCUT2D eigenvalue weighted by molar-refractivity contribution is 5.06. The molecule has 0 bridgehead atoms. The van der Waals surface area contributed by atoms with E-state index >= 15 is 0 Å². The maximum absolute atomic E-state index is 11.4. The third-order valence-electron chi connectivity index (χ3n) is 2.02. The van der Waals surface area contributed by atoms with Crippen molar-refractivity contribution >= 4 is 0 Å². The van der Waals surface area contributed by atoms with Gasteiger partial charge in [-0.15, -0.1) is 0 Å². The summed E-state index contributed by atoms with van der Waals surface area (Å²) in [5, 5.41) is 8.37. The van der Waals surface area contributed by atoms with Gasteiger partial charge in [-0.1, -0.05) is 0 Å². The van der Waals surface area contributed by atoms with Crippen LogP contribution in [0.2, 0.25) is 0 Å². The summed E-state index contributed by atoms with van der Waals surface area (Å²) in [4.78, 5) is 15.3. The number of rotatable bonds is 3. The molecule has 4 heteroatoms. The van der Waals surface area contributed by atoms with Crippen LogP contribution in [0.3, 0.4) is 0 Å². The molecule has 1 heterocycles. The summed E-state index contributed by atoms with van der Waals surface area (Å²) >= 11 is 0. The number of aryl methyl sites for hydroxylation is 2. The average molecular weight is 191 g/mol. The molecule has 1 rings (SSSR count). The van der Waals surface area contributed by atoms with Crippen LogP contribution in [0.4, 0.5) is 0 Å². The molecular formula is C10H13N3O. The van der Waals surface area contributed by atoms with Crippen LogP contribution in [-0.2, 0) is 6.54 Å². The van der Waals surface area contributed by atoms with E-state index in [1.165, 1.54) is 0 Å². The second kappa shape index (κ2) is 4.56. The molecule has 0 saturated carbocycles. The summed E-state index contributed by atoms with van der Waals surface area (Å²) in [6.45, 7) is 4.25. The van der Waals surface area contributed by atoms with Crippen LogP contribution in [0.25, 0.3) is 0 Å². The molecule has 0 atom stereocenters. The first-order valence-electron chi connectivity index (χ1n) is 4.57. The van der Waals surface area contributed by atoms with Gasteiger partial charge in [0.25, 0.3) is 0 Å². The van der Waals surface area contributed by atoms with Gasteiger partial charge in [-0.3, -0.25) is 4.57 Å². The Morgan fingerprint density at radius 2 is 2.29 bits per heavy atom. The number of unbranched alkanes of at least 4 members (excludes halogenated alkanes) is 1. The summed E-state index contributed by atoms with van der Waals surface area (Å²) in [5.41, 5.74) is 1.42. The van der Waals surface area contributed by atoms with E-state index in [0.29, 0.717) is 19.4 Å². The number of hydrogen-bond acceptors (Lipinski definition) is 3. The molecule has 0 aliphatic carbocycles. The molecule has 74 valence electrons. The summed E-state index contributed by atoms with van der Waals surface area (Å²) in [6, 6.07) is 3.92. The first kappa shape index (κ1) is 10.5. The fraction of sp³-hybridized carbons (Fsp3) is 0.500. The van der Waals surface area contributed by atoms with Crippen LogP contribution >= 0.6 is 0 Å². The maximum Gasteiger partial charge on any atom is 0.347 e. The van der Waals surface area contributed by atoms with E-state index in [0.717, 1.165) is 11.4 Å². The van der Waals surface area contributed by atoms with Crippen LogP contribution in [0.5, 0.6) is 0 Å². The Balaban J connectivity index is 2.87. The summed E-state index contributed by atoms with van der Waals surface area (Å²) < 4.78 is 1.60. The smallest absolute Gasteiger partial charge is 0.297 e. The molecule has 0 amide bonds. The molecule has 1 aromatic rings. The van der Waals surface area contributed by atoms with Crippen molar-refractivity contribution in [3.05, 3.63) is 27.9 Å². The van der Waals surface area contributed by atoms with E-state index in [1.807, 2.05) is 13.0 Å². The Kier molecular flexibility index (Phi) is 3.41. The third kappa shape index (κ3) is 2.43. The zero-order valence-corrected chi connectivity index (χ0v) is 8.45. The van der Waals surface area contributed by atoms with Crippen molar-refractivity contribution in [1.29, 1.82) is 5.26 Å². The van der Waals surface area contributed by atoms with Gasteiger partial charge in [0.2, 0.25) is 0 Å². The monoisotopic (exact) mass is 191 g/mol. The molecule has 0 aliphatic rings. The third-order valence-corrected chi connectivity index (χ3v) is 2.02. The fourth-order valence-electron chi connectivity index (χ4n) is 1.36. The van der Waals surface area contributed by atoms with Gasteiger partial charge in [-0.2, -0.15) is 10.2 Å². The van der Waals surface area contributed by atoms with Gasteiger partial charge in [0.1, 0.15) is 0 Å². The van der Waals surface area contributed by atoms with Gasteiger partial charge >= 0.3 is 5.69 Å². The van der Waals surface area contributed by atoms with E-state index < -0.39 is 0 Å². The molecule has 0 N–H and O–H groups in total. The molecular weight excluding hydrogens is 178 g/mol. The SMILES string of the molecule is Cc1cc(C)n(CCCC#N)c(=O)n1. The topological polar surface area (TPSA) is 58.7 Å². The standard InChI is InChI=1S/C10H13N3O/c1-8-7-9(2)13(10(14)12-8)6-4-3-5-11/h7H,3-4,6H2,1-2H3. The molecule has 0 aliphatic heterocycles. The minimum Gasteiger partial charge on any atom is -0.297 e. The highest BCUT2D eigenvalue weighted by Crippen LogP contribution is 1.99. The molecule has 0 radical (unpaired) electrons. The Morgan fingerprint density at radius 3 is 2.86 bits per heavy atom. The normalized spacial score (nSPS) is 9.79. The zero-order valence-electron chi connectivity index (χ0n) is 8.45. The van der Waals surface area contributed by atoms with Crippen molar-refractivity contribution in [3.8, 4) is 6.07 Å². The predicted octanol–water partition coefficient (Wildman–Crippen LogP) is 1.16. The fourth-order valence-corrected chi connectivity index (χ4v) is 1.36. The summed E-state index contributed by atoms with van der Waals surface area (Å²) in [6.07, 6.45) is 1.17. The molecule has 0 saturated heterocycles. The molecule has 1 aromatic heterocycles. The van der Waals surface area contributed by atoms with Crippen molar-refractivity contribution in [1.82, 2.24) is 9.55 Å². The number of aromatic nitrogens is 2. The predicted molar refractivity (Wildman–Crippen MR) is 52.8 cm³/mol. The van der Waals surface area contributed by atoms with E-state index in [9.17, 15) is 4.79 Å². The Hall–Kier alpha value is -1.63. The highest BCUT2D eigenvalue weighted by Gasteiger charge is 2.01. The minimum atomic E-state index is -0.222. The lowest BCUT2D eigenvalue weighted by molar-refractivity contribution is 0.597. The van der Waals surface area contributed by atoms with Crippen molar-refractivity contribution < 1.29 is 0 Å². The van der Waals surface area contributed by atoms with Gasteiger partial charge in [0.05, 0.1) is 6.07 Å². The molecule has 4 nitrogen and oxygen atoms in total. The first-order chi connectivity index (χ1) is 6.65. The minimum absolute atomic E-state index is 0.222. The highest BCUT2D eigenvalue weighted by atomic mass is 16.1. The Morgan fingerprint density at radius 1 is 1.57 bits per heavy atom. The molecule has 0 aromatic carbocycles. The van der Waals surface area contributed by atoms with Crippen LogP contribution < -0.4 is 5.69 Å². The van der Waals surface area contributed by atoms with Crippen LogP contribution in [-0.4, -0.2) is 9.55 Å². The van der Waals surface area contributed by atoms with Crippen molar-refractivity contribution in [2.45, 2.75) is 33.2 Å². The van der Waals surface area contributed by atoms with Crippen molar-refractivity contribution in [2.75, 3.05) is 0 Å². The zero-order chi connectivity index (χ0) is 10.6. The van der Waals surface area contributed by atoms with Gasteiger partial charge in [-0.25, -0.2) is 4.79 Å². The van der Waals surface area contributed by atoms with Gasteiger partial charge in [0, 0.05) is 24.4 Å². The molecule has 0 unspecified atom stereocenters. The van der Waals surface area contributed by atoms with Gasteiger partial charge in [-0.05, 0) is 26.3 Å². The largest absolute Gasteiger partial charge is 0.347 e. The Labute approximate surface area is 82.8 Å². The van der Waals surface area contributed by atoms with Gasteiger partial charge in [0.15, 0.2) is 0 Å². The van der Waals surface area contributed by atoms with Gasteiger partial charge < -0.3 is 0 Å². The van der Waals surface area contributed by atoms with Crippen LogP contribution in [0.15, 0.2) is 10.9 Å². The number of nitriles is 1. The number of nitrogens with zero attached hydrogens (tertiary/aromatic N) is 3. The van der Waals surface area contributed by atoms with Crippen molar-refractivity contribution in [2.24, 2.45) is 0 Å². The summed E-state index contributed by atoms with van der Waals surface area (Å²) in [5.74, 6) is 0. The number of hydrogen-bond donors (Lipinski definition) is 0. The Bertz CT molecular complexity index is 414. The lowest BCUT2D eigenvalue weighted by atomic mass is 10.3. The lowest BCUT2D eigenvalue weighted by Gasteiger charge is -2.07. The van der Waals surface area contributed by atoms with Crippen molar-refractivity contribution in [3.63, 3.8) is 0 Å². The second-order valence-electron chi connectivity index (χ2n) is 3.23. The first-order valence-corrected chi connectivity index (χ1v) is 4.57.